The molecule has 14 N–H and O–H groups in total. The molecular weight excluding hydrogens is 1210 g/mol. The van der Waals surface area contributed by atoms with Crippen LogP contribution in [0.5, 0.6) is 0 Å². The van der Waals surface area contributed by atoms with Gasteiger partial charge in [0.2, 0.25) is 5.95 Å². The molecule has 0 amide bonds. The molecule has 2 fully saturated rings. The minimum atomic E-state index is -5.55. The van der Waals surface area contributed by atoms with Crippen LogP contribution in [0.3, 0.4) is 0 Å². The van der Waals surface area contributed by atoms with Gasteiger partial charge in [0, 0.05) is 44.5 Å². The lowest BCUT2D eigenvalue weighted by molar-refractivity contribution is -0.0671. The van der Waals surface area contributed by atoms with Gasteiger partial charge in [-0.25, -0.2) is 47.8 Å². The predicted molar refractivity (Wildman–Crippen MR) is 280 cm³/mol. The number of aliphatic hydroxyl groups is 2. The molecular formula is C40H57N15O25P4. The van der Waals surface area contributed by atoms with Crippen molar-refractivity contribution in [3.05, 3.63) is 84.7 Å². The van der Waals surface area contributed by atoms with Crippen molar-refractivity contribution in [2.75, 3.05) is 57.3 Å². The third-order valence-corrected chi connectivity index (χ3v) is 16.5. The van der Waals surface area contributed by atoms with Gasteiger partial charge in [-0.05, 0) is 19.9 Å². The molecule has 462 valence electrons. The number of nitrogens with one attached hydrogen (secondary N) is 2. The summed E-state index contributed by atoms with van der Waals surface area (Å²) in [7, 11) is -20.4. The molecule has 6 aromatic heterocycles. The van der Waals surface area contributed by atoms with E-state index >= 15 is 0 Å². The van der Waals surface area contributed by atoms with Crippen LogP contribution in [0.25, 0.3) is 22.3 Å². The summed E-state index contributed by atoms with van der Waals surface area (Å²) in [6.45, 7) is -2.52. The minimum Gasteiger partial charge on any atom is -0.388 e. The van der Waals surface area contributed by atoms with E-state index in [1.807, 2.05) is 4.98 Å². The van der Waals surface area contributed by atoms with E-state index in [1.165, 1.54) is 25.6 Å². The molecule has 2 saturated heterocycles. The van der Waals surface area contributed by atoms with Crippen LogP contribution in [0.4, 0.5) is 17.6 Å². The average molecular weight is 1270 g/mol. The Bertz CT molecular complexity index is 3770. The number of aromatic amines is 2. The number of fused-ring (bicyclic) bond motifs is 2. The Labute approximate surface area is 469 Å². The summed E-state index contributed by atoms with van der Waals surface area (Å²) in [5.41, 5.74) is 13.8. The van der Waals surface area contributed by atoms with Crippen molar-refractivity contribution in [3.63, 3.8) is 0 Å². The number of anilines is 3. The molecule has 0 saturated carbocycles. The lowest BCUT2D eigenvalue weighted by atomic mass is 10.2. The average Bonchev–Trinajstić information content (AvgIpc) is 3.00. The topological polar surface area (TPSA) is 566 Å². The van der Waals surface area contributed by atoms with E-state index in [0.29, 0.717) is 5.65 Å². The first kappa shape index (κ1) is 64.1. The number of H-pyrrole nitrogens is 2. The largest absolute Gasteiger partial charge is 0.472 e. The molecule has 0 aliphatic carbocycles. The van der Waals surface area contributed by atoms with E-state index in [2.05, 4.69) is 43.9 Å². The van der Waals surface area contributed by atoms with Crippen molar-refractivity contribution in [2.24, 2.45) is 0 Å². The summed E-state index contributed by atoms with van der Waals surface area (Å²) in [4.78, 5) is 122. The molecule has 2 aliphatic heterocycles. The Kier molecular flexibility index (Phi) is 20.1. The Balaban J connectivity index is 0.984. The second-order valence-electron chi connectivity index (χ2n) is 18.4. The molecule has 6 aromatic rings. The van der Waals surface area contributed by atoms with Gasteiger partial charge in [0.15, 0.2) is 22.6 Å². The van der Waals surface area contributed by atoms with Crippen LogP contribution in [0.1, 0.15) is 37.8 Å². The zero-order valence-electron chi connectivity index (χ0n) is 44.0. The second kappa shape index (κ2) is 26.4. The van der Waals surface area contributed by atoms with Crippen molar-refractivity contribution < 1.29 is 98.4 Å². The number of hydrogen-bond donors (Lipinski definition) is 11. The van der Waals surface area contributed by atoms with Crippen LogP contribution < -0.4 is 39.7 Å². The van der Waals surface area contributed by atoms with E-state index in [-0.39, 0.29) is 52.9 Å². The number of phosphoric ester groups is 4. The third-order valence-electron chi connectivity index (χ3n) is 12.6. The highest BCUT2D eigenvalue weighted by Crippen LogP contribution is 2.52. The van der Waals surface area contributed by atoms with E-state index in [4.69, 9.17) is 58.6 Å². The number of rotatable bonds is 29. The van der Waals surface area contributed by atoms with Crippen molar-refractivity contribution in [1.82, 2.24) is 58.1 Å². The molecule has 4 unspecified atom stereocenters. The molecule has 0 bridgehead atoms. The number of nitrogens with zero attached hydrogens (tertiary/aromatic N) is 10. The molecule has 8 rings (SSSR count). The smallest absolute Gasteiger partial charge is 0.388 e. The highest BCUT2D eigenvalue weighted by atomic mass is 31.2. The molecule has 0 radical (unpaired) electrons. The van der Waals surface area contributed by atoms with Crippen LogP contribution in [0, 0.1) is 6.92 Å². The van der Waals surface area contributed by atoms with E-state index in [1.54, 1.807) is 11.5 Å². The van der Waals surface area contributed by atoms with Crippen LogP contribution >= 0.6 is 31.3 Å². The Morgan fingerprint density at radius 3 is 1.94 bits per heavy atom. The first-order chi connectivity index (χ1) is 39.5. The van der Waals surface area contributed by atoms with E-state index < -0.39 is 161 Å². The molecule has 8 heterocycles. The quantitative estimate of drug-likeness (QED) is 0.0222. The number of aliphatic hydroxyl groups excluding tert-OH is 2. The molecule has 2 aliphatic rings. The molecule has 14 atom stereocenters. The first-order valence-corrected chi connectivity index (χ1v) is 30.6. The monoisotopic (exact) mass is 1270 g/mol. The first-order valence-electron chi connectivity index (χ1n) is 24.6. The van der Waals surface area contributed by atoms with Crippen LogP contribution in [0.2, 0.25) is 0 Å². The van der Waals surface area contributed by atoms with Crippen molar-refractivity contribution in [2.45, 2.75) is 101 Å². The van der Waals surface area contributed by atoms with Gasteiger partial charge in [0.25, 0.3) is 11.1 Å². The third kappa shape index (κ3) is 15.9. The standard InChI is InChI=1S/C40H57N15O25P4/c1-4-71-22-7-30(55-18-47-31-33(42)44-16-45-34(31)55)76-26(22)14-74-83(66,67)80-25(11-53-17-46-32-35(53)49-38(43)50-37(32)59)21(57)13-73-82(64,65)78-23-8-29(54-6-5-28(41)48-40(54)61)77-27(23)15-75-84(68,69)79-24(20(56)12-72-81(62,63)70-3)10-52-9-19(2)36(58)51-39(52)60/h5-6,9,16-18,20-27,29-30,56-57H,4,7-8,10-15H2,1-3H3,(H,62,63)(H,64,65)(H,66,67)(H,68,69)(H2,41,48,61)(H2,42,44,45)(H,51,58,60)(H3,43,49,50,59)/t20-,21-,22-,23-,24-,25-,26-,27-,29-,30-/m1/s1. The summed E-state index contributed by atoms with van der Waals surface area (Å²) in [5.74, 6) is -0.483. The number of aryl methyl sites for hydroxylation is 1. The maximum atomic E-state index is 13.9. The number of nitrogen functional groups attached to an aromatic ring is 3. The second-order valence-corrected chi connectivity index (χ2v) is 24.2. The normalized spacial score (nSPS) is 23.6. The lowest BCUT2D eigenvalue weighted by Gasteiger charge is -2.28. The maximum Gasteiger partial charge on any atom is 0.472 e. The van der Waals surface area contributed by atoms with Crippen LogP contribution in [-0.4, -0.2) is 177 Å². The van der Waals surface area contributed by atoms with Gasteiger partial charge >= 0.3 is 42.7 Å². The Morgan fingerprint density at radius 1 is 0.714 bits per heavy atom. The van der Waals surface area contributed by atoms with Gasteiger partial charge in [-0.15, -0.1) is 0 Å². The molecule has 84 heavy (non-hydrogen) atoms. The SMILES string of the molecule is CCO[C@@H]1C[C@H](n2cnc3c(N)ncnc32)O[C@@H]1COP(=O)(O)O[C@H](Cn1cnc2c(=O)[nH]c(N)nc21)[C@H](O)COP(=O)(O)O[C@@H]1C[C@H](n2ccc(N)nc2=O)O[C@@H]1COP(=O)(O)O[C@H](Cn1cc(C)c(=O)[nH]c1=O)[C@H](O)COP(=O)(O)OC. The van der Waals surface area contributed by atoms with Crippen molar-refractivity contribution in [1.29, 1.82) is 0 Å². The lowest BCUT2D eigenvalue weighted by Crippen LogP contribution is -2.40. The molecule has 0 spiro atoms. The summed E-state index contributed by atoms with van der Waals surface area (Å²) in [6, 6.07) is 1.19. The number of imidazole rings is 2. The predicted octanol–water partition coefficient (Wildman–Crippen LogP) is -2.21. The van der Waals surface area contributed by atoms with Crippen LogP contribution in [-0.2, 0) is 81.8 Å². The fourth-order valence-electron chi connectivity index (χ4n) is 8.51. The Hall–Kier alpha value is -5.90. The van der Waals surface area contributed by atoms with Gasteiger partial charge < -0.3 is 65.8 Å². The minimum absolute atomic E-state index is 0.0300. The van der Waals surface area contributed by atoms with Gasteiger partial charge in [0.1, 0.15) is 72.8 Å². The number of hydrogen-bond acceptors (Lipinski definition) is 30. The fraction of sp³-hybridized carbons (Fsp3) is 0.550. The summed E-state index contributed by atoms with van der Waals surface area (Å²) in [5, 5.41) is 22.6. The Morgan fingerprint density at radius 2 is 1.31 bits per heavy atom. The van der Waals surface area contributed by atoms with Crippen LogP contribution in [0.15, 0.2) is 56.6 Å². The van der Waals surface area contributed by atoms with Gasteiger partial charge in [-0.3, -0.25) is 69.4 Å². The summed E-state index contributed by atoms with van der Waals surface area (Å²) in [6.07, 6.45) is -10.4. The highest BCUT2D eigenvalue weighted by molar-refractivity contribution is 7.48. The molecule has 40 nitrogen and oxygen atoms in total. The van der Waals surface area contributed by atoms with Gasteiger partial charge in [0.05, 0.1) is 58.3 Å². The van der Waals surface area contributed by atoms with Gasteiger partial charge in [-0.1, -0.05) is 0 Å². The van der Waals surface area contributed by atoms with Crippen molar-refractivity contribution >= 4 is 71.2 Å². The number of aromatic nitrogens is 12. The maximum absolute atomic E-state index is 13.9. The van der Waals surface area contributed by atoms with E-state index in [9.17, 15) is 67.2 Å². The number of ether oxygens (including phenoxy) is 3. The van der Waals surface area contributed by atoms with E-state index in [0.717, 1.165) is 39.5 Å². The highest BCUT2D eigenvalue weighted by Gasteiger charge is 2.46. The summed E-state index contributed by atoms with van der Waals surface area (Å²) >= 11 is 0. The fourth-order valence-corrected chi connectivity index (χ4v) is 11.8. The molecule has 0 aromatic carbocycles. The summed E-state index contributed by atoms with van der Waals surface area (Å²) < 4.78 is 116. The zero-order valence-corrected chi connectivity index (χ0v) is 47.6. The zero-order chi connectivity index (χ0) is 61.1. The molecule has 44 heteroatoms. The number of nitrogens with two attached hydrogens (primary N) is 3. The van der Waals surface area contributed by atoms with Crippen molar-refractivity contribution in [3.8, 4) is 0 Å². The van der Waals surface area contributed by atoms with Gasteiger partial charge in [-0.2, -0.15) is 9.97 Å². The number of phosphoric acid groups is 4.